The summed E-state index contributed by atoms with van der Waals surface area (Å²) in [6, 6.07) is 8.51. The number of nitrogens with one attached hydrogen (secondary N) is 4. The maximum atomic E-state index is 12.6. The number of para-hydroxylation sites is 1. The maximum absolute atomic E-state index is 12.6. The van der Waals surface area contributed by atoms with E-state index >= 15 is 0 Å². The summed E-state index contributed by atoms with van der Waals surface area (Å²) in [6.07, 6.45) is 9.63. The minimum atomic E-state index is 0.0930. The molecule has 1 aliphatic heterocycles. The first kappa shape index (κ1) is 21.2. The molecule has 7 nitrogen and oxygen atoms in total. The van der Waals surface area contributed by atoms with Gasteiger partial charge >= 0.3 is 0 Å². The van der Waals surface area contributed by atoms with E-state index in [9.17, 15) is 4.79 Å². The van der Waals surface area contributed by atoms with Gasteiger partial charge < -0.3 is 20.9 Å². The molecule has 0 radical (unpaired) electrons. The van der Waals surface area contributed by atoms with Gasteiger partial charge in [0.05, 0.1) is 22.8 Å². The zero-order valence-electron chi connectivity index (χ0n) is 18.0. The summed E-state index contributed by atoms with van der Waals surface area (Å²) in [4.78, 5) is 25.1. The van der Waals surface area contributed by atoms with E-state index in [-0.39, 0.29) is 23.9 Å². The van der Waals surface area contributed by atoms with E-state index in [1.165, 1.54) is 0 Å². The maximum Gasteiger partial charge on any atom is 0.224 e. The number of anilines is 1. The zero-order valence-corrected chi connectivity index (χ0v) is 18.8. The standard InChI is InChI=1S/C24H29ClN6O/c25-20-14-28-24(31-22(20)19-13-27-21-9-2-1-8-18(19)21)30-17-7-3-6-16(11-17)29-23(32)15-5-4-10-26-12-15/h1-2,8-9,13-17,26-27H,3-7,10-12H2,(H,29,32)(H,28,30,31). The number of carbonyl (C=O) groups excluding carboxylic acids is 1. The molecule has 4 N–H and O–H groups in total. The monoisotopic (exact) mass is 452 g/mol. The molecule has 0 spiro atoms. The van der Waals surface area contributed by atoms with Crippen molar-refractivity contribution >= 4 is 34.4 Å². The molecule has 3 atom stereocenters. The van der Waals surface area contributed by atoms with Gasteiger partial charge in [-0.15, -0.1) is 0 Å². The van der Waals surface area contributed by atoms with Crippen molar-refractivity contribution in [3.8, 4) is 11.3 Å². The molecule has 3 aromatic rings. The Morgan fingerprint density at radius 2 is 2.00 bits per heavy atom. The van der Waals surface area contributed by atoms with Gasteiger partial charge in [-0.05, 0) is 51.1 Å². The van der Waals surface area contributed by atoms with Crippen molar-refractivity contribution < 1.29 is 4.79 Å². The summed E-state index contributed by atoms with van der Waals surface area (Å²) in [6.45, 7) is 1.80. The number of amides is 1. The van der Waals surface area contributed by atoms with Gasteiger partial charge in [0.15, 0.2) is 0 Å². The first-order valence-corrected chi connectivity index (χ1v) is 11.9. The molecule has 0 bridgehead atoms. The van der Waals surface area contributed by atoms with Gasteiger partial charge in [0.1, 0.15) is 0 Å². The Hall–Kier alpha value is -2.64. The SMILES string of the molecule is O=C(NC1CCCC(Nc2ncc(Cl)c(-c3c[nH]c4ccccc34)n2)C1)C1CCCNC1. The molecule has 1 aliphatic carbocycles. The van der Waals surface area contributed by atoms with E-state index in [2.05, 4.69) is 32.0 Å². The fourth-order valence-electron chi connectivity index (χ4n) is 4.92. The highest BCUT2D eigenvalue weighted by Crippen LogP contribution is 2.32. The lowest BCUT2D eigenvalue weighted by molar-refractivity contribution is -0.126. The summed E-state index contributed by atoms with van der Waals surface area (Å²) in [7, 11) is 0. The molecule has 2 aromatic heterocycles. The Morgan fingerprint density at radius 3 is 2.88 bits per heavy atom. The van der Waals surface area contributed by atoms with Crippen LogP contribution in [0.15, 0.2) is 36.7 Å². The molecular formula is C24H29ClN6O. The third-order valence-corrected chi connectivity index (χ3v) is 6.89. The molecular weight excluding hydrogens is 424 g/mol. The van der Waals surface area contributed by atoms with Gasteiger partial charge in [-0.1, -0.05) is 29.8 Å². The van der Waals surface area contributed by atoms with Gasteiger partial charge in [0.25, 0.3) is 0 Å². The van der Waals surface area contributed by atoms with E-state index < -0.39 is 0 Å². The molecule has 5 rings (SSSR count). The van der Waals surface area contributed by atoms with E-state index in [1.807, 2.05) is 24.4 Å². The van der Waals surface area contributed by atoms with Crippen LogP contribution in [0.4, 0.5) is 5.95 Å². The van der Waals surface area contributed by atoms with Crippen LogP contribution in [0.25, 0.3) is 22.2 Å². The summed E-state index contributed by atoms with van der Waals surface area (Å²) >= 11 is 6.47. The highest BCUT2D eigenvalue weighted by Gasteiger charge is 2.27. The molecule has 1 amide bonds. The average molecular weight is 453 g/mol. The van der Waals surface area contributed by atoms with Gasteiger partial charge in [-0.25, -0.2) is 9.97 Å². The second kappa shape index (κ2) is 9.46. The Morgan fingerprint density at radius 1 is 1.12 bits per heavy atom. The molecule has 3 heterocycles. The van der Waals surface area contributed by atoms with Crippen LogP contribution < -0.4 is 16.0 Å². The number of H-pyrrole nitrogens is 1. The number of carbonyl (C=O) groups is 1. The van der Waals surface area contributed by atoms with Crippen molar-refractivity contribution in [2.75, 3.05) is 18.4 Å². The number of fused-ring (bicyclic) bond motifs is 1. The van der Waals surface area contributed by atoms with Crippen LogP contribution in [0.3, 0.4) is 0 Å². The first-order valence-electron chi connectivity index (χ1n) is 11.5. The van der Waals surface area contributed by atoms with E-state index in [1.54, 1.807) is 6.20 Å². The minimum Gasteiger partial charge on any atom is -0.360 e. The summed E-state index contributed by atoms with van der Waals surface area (Å²) < 4.78 is 0. The van der Waals surface area contributed by atoms with Crippen molar-refractivity contribution in [2.24, 2.45) is 5.92 Å². The molecule has 32 heavy (non-hydrogen) atoms. The average Bonchev–Trinajstić information content (AvgIpc) is 3.25. The number of hydrogen-bond acceptors (Lipinski definition) is 5. The van der Waals surface area contributed by atoms with Crippen molar-refractivity contribution in [1.29, 1.82) is 0 Å². The highest BCUT2D eigenvalue weighted by atomic mass is 35.5. The van der Waals surface area contributed by atoms with Crippen LogP contribution in [0, 0.1) is 5.92 Å². The van der Waals surface area contributed by atoms with E-state index in [0.29, 0.717) is 16.7 Å². The lowest BCUT2D eigenvalue weighted by Crippen LogP contribution is -2.47. The molecule has 2 fully saturated rings. The van der Waals surface area contributed by atoms with E-state index in [0.717, 1.165) is 68.1 Å². The molecule has 3 unspecified atom stereocenters. The van der Waals surface area contributed by atoms with Crippen LogP contribution in [0.1, 0.15) is 38.5 Å². The van der Waals surface area contributed by atoms with Crippen LogP contribution in [-0.2, 0) is 4.79 Å². The smallest absolute Gasteiger partial charge is 0.224 e. The number of piperidine rings is 1. The largest absolute Gasteiger partial charge is 0.360 e. The number of halogens is 1. The second-order valence-electron chi connectivity index (χ2n) is 8.89. The van der Waals surface area contributed by atoms with Crippen LogP contribution in [0.5, 0.6) is 0 Å². The number of aromatic amines is 1. The van der Waals surface area contributed by atoms with Crippen molar-refractivity contribution in [3.63, 3.8) is 0 Å². The summed E-state index contributed by atoms with van der Waals surface area (Å²) in [5.41, 5.74) is 2.73. The minimum absolute atomic E-state index is 0.0930. The zero-order chi connectivity index (χ0) is 21.9. The number of hydrogen-bond donors (Lipinski definition) is 4. The number of nitrogens with zero attached hydrogens (tertiary/aromatic N) is 2. The fraction of sp³-hybridized carbons (Fsp3) is 0.458. The van der Waals surface area contributed by atoms with Crippen molar-refractivity contribution in [3.05, 3.63) is 41.7 Å². The van der Waals surface area contributed by atoms with Crippen LogP contribution in [-0.4, -0.2) is 46.0 Å². The third kappa shape index (κ3) is 4.59. The highest BCUT2D eigenvalue weighted by molar-refractivity contribution is 6.33. The Balaban J connectivity index is 1.27. The predicted molar refractivity (Wildman–Crippen MR) is 128 cm³/mol. The lowest BCUT2D eigenvalue weighted by Gasteiger charge is -2.32. The van der Waals surface area contributed by atoms with Crippen molar-refractivity contribution in [2.45, 2.75) is 50.6 Å². The molecule has 168 valence electrons. The second-order valence-corrected chi connectivity index (χ2v) is 9.30. The van der Waals surface area contributed by atoms with Gasteiger partial charge in [0.2, 0.25) is 11.9 Å². The quantitative estimate of drug-likeness (QED) is 0.467. The van der Waals surface area contributed by atoms with Crippen LogP contribution in [0.2, 0.25) is 5.02 Å². The topological polar surface area (TPSA) is 94.7 Å². The number of aromatic nitrogens is 3. The summed E-state index contributed by atoms with van der Waals surface area (Å²) in [5.74, 6) is 0.853. The fourth-order valence-corrected chi connectivity index (χ4v) is 5.12. The van der Waals surface area contributed by atoms with Gasteiger partial charge in [-0.2, -0.15) is 0 Å². The summed E-state index contributed by atoms with van der Waals surface area (Å²) in [5, 5.41) is 11.7. The Kier molecular flexibility index (Phi) is 6.28. The van der Waals surface area contributed by atoms with Gasteiger partial charge in [-0.3, -0.25) is 4.79 Å². The molecule has 2 aliphatic rings. The van der Waals surface area contributed by atoms with Gasteiger partial charge in [0, 0.05) is 41.3 Å². The van der Waals surface area contributed by atoms with Crippen LogP contribution >= 0.6 is 11.6 Å². The molecule has 8 heteroatoms. The molecule has 1 aromatic carbocycles. The predicted octanol–water partition coefficient (Wildman–Crippen LogP) is 4.12. The first-order chi connectivity index (χ1) is 15.7. The third-order valence-electron chi connectivity index (χ3n) is 6.61. The molecule has 1 saturated heterocycles. The number of rotatable bonds is 5. The normalized spacial score (nSPS) is 23.7. The van der Waals surface area contributed by atoms with Crippen molar-refractivity contribution in [1.82, 2.24) is 25.6 Å². The number of benzene rings is 1. The Labute approximate surface area is 192 Å². The molecule has 1 saturated carbocycles. The lowest BCUT2D eigenvalue weighted by atomic mass is 9.90. The van der Waals surface area contributed by atoms with E-state index in [4.69, 9.17) is 16.6 Å². The Bertz CT molecular complexity index is 1090.